The maximum absolute atomic E-state index is 15.4. The quantitative estimate of drug-likeness (QED) is 0.256. The van der Waals surface area contributed by atoms with Gasteiger partial charge in [-0.1, -0.05) is 24.3 Å². The highest BCUT2D eigenvalue weighted by Gasteiger charge is 2.50. The summed E-state index contributed by atoms with van der Waals surface area (Å²) in [6, 6.07) is 14.3. The third-order valence-corrected chi connectivity index (χ3v) is 9.35. The molecular weight excluding hydrogens is 601 g/mol. The number of methoxy groups -OCH3 is 2. The van der Waals surface area contributed by atoms with Crippen LogP contribution >= 0.6 is 0 Å². The van der Waals surface area contributed by atoms with E-state index >= 15 is 4.39 Å². The number of carbonyl (C=O) groups excluding carboxylic acids is 2. The van der Waals surface area contributed by atoms with Crippen molar-refractivity contribution in [2.24, 2.45) is 5.41 Å². The molecule has 1 amide bonds. The number of para-hydroxylation sites is 1. The minimum Gasteiger partial charge on any atom is -0.485 e. The number of aromatic nitrogens is 1. The summed E-state index contributed by atoms with van der Waals surface area (Å²) in [7, 11) is 3.01. The van der Waals surface area contributed by atoms with Gasteiger partial charge in [-0.3, -0.25) is 4.79 Å². The van der Waals surface area contributed by atoms with Crippen LogP contribution in [0.3, 0.4) is 0 Å². The van der Waals surface area contributed by atoms with Crippen LogP contribution in [-0.2, 0) is 38.5 Å². The van der Waals surface area contributed by atoms with Crippen molar-refractivity contribution in [2.75, 3.05) is 45.4 Å². The Morgan fingerprint density at radius 3 is 2.49 bits per heavy atom. The number of pyridine rings is 1. The van der Waals surface area contributed by atoms with E-state index in [0.717, 1.165) is 17.5 Å². The van der Waals surface area contributed by atoms with Crippen LogP contribution in [0.1, 0.15) is 56.4 Å². The van der Waals surface area contributed by atoms with Crippen molar-refractivity contribution in [3.05, 3.63) is 76.6 Å². The fourth-order valence-corrected chi connectivity index (χ4v) is 6.66. The fourth-order valence-electron chi connectivity index (χ4n) is 6.66. The first-order valence-corrected chi connectivity index (χ1v) is 16.2. The zero-order valence-electron chi connectivity index (χ0n) is 28.5. The molecule has 47 heavy (non-hydrogen) atoms. The average molecular weight is 648 g/mol. The molecule has 252 valence electrons. The first-order chi connectivity index (χ1) is 22.4. The van der Waals surface area contributed by atoms with Crippen LogP contribution in [0.5, 0.6) is 5.75 Å². The Morgan fingerprint density at radius 2 is 1.77 bits per heavy atom. The fraction of sp³-hybridized carbons (Fsp3) is 0.486. The Bertz CT molecular complexity index is 1620. The number of hydrogen-bond acceptors (Lipinski definition) is 8. The summed E-state index contributed by atoms with van der Waals surface area (Å²) in [4.78, 5) is 34.2. The summed E-state index contributed by atoms with van der Waals surface area (Å²) in [5.74, 6) is 0.0190. The smallest absolute Gasteiger partial charge is 0.410 e. The van der Waals surface area contributed by atoms with Crippen molar-refractivity contribution in [3.63, 3.8) is 0 Å². The predicted octanol–water partition coefficient (Wildman–Crippen LogP) is 6.52. The maximum atomic E-state index is 15.4. The van der Waals surface area contributed by atoms with Gasteiger partial charge in [0.05, 0.1) is 30.9 Å². The standard InChI is InChI=1S/C37H46FN3O6/c1-24-26(15-14-25-16-19-40(20-17-27(24)25)35(43)47-36(2,3)4)22-46-33-28(10-8-11-29(33)38)30-12-9-13-32(39-30)41-21-18-37(5,34(42)45-7)31(41)23-44-6/h8-15,31H,16-23H2,1-7H3/t31-,37-/m1/s1. The molecule has 3 aromatic rings. The van der Waals surface area contributed by atoms with E-state index in [1.54, 1.807) is 24.1 Å². The molecule has 0 radical (unpaired) electrons. The second-order valence-corrected chi connectivity index (χ2v) is 13.6. The van der Waals surface area contributed by atoms with Gasteiger partial charge < -0.3 is 28.7 Å². The normalized spacial score (nSPS) is 19.6. The van der Waals surface area contributed by atoms with Gasteiger partial charge in [0.1, 0.15) is 18.0 Å². The molecule has 0 spiro atoms. The van der Waals surface area contributed by atoms with Gasteiger partial charge in [-0.25, -0.2) is 14.2 Å². The molecule has 10 heteroatoms. The second kappa shape index (κ2) is 13.9. The van der Waals surface area contributed by atoms with Crippen LogP contribution in [0.15, 0.2) is 48.5 Å². The molecular formula is C37H46FN3O6. The number of esters is 1. The molecule has 1 aromatic heterocycles. The zero-order valence-corrected chi connectivity index (χ0v) is 28.5. The summed E-state index contributed by atoms with van der Waals surface area (Å²) >= 11 is 0. The van der Waals surface area contributed by atoms with Gasteiger partial charge in [0.25, 0.3) is 0 Å². The van der Waals surface area contributed by atoms with E-state index in [2.05, 4.69) is 17.9 Å². The van der Waals surface area contributed by atoms with Crippen molar-refractivity contribution in [2.45, 2.75) is 72.1 Å². The lowest BCUT2D eigenvalue weighted by Crippen LogP contribution is -2.46. The number of hydrogen-bond donors (Lipinski definition) is 0. The molecule has 0 unspecified atom stereocenters. The second-order valence-electron chi connectivity index (χ2n) is 13.6. The number of fused-ring (bicyclic) bond motifs is 1. The highest BCUT2D eigenvalue weighted by atomic mass is 19.1. The van der Waals surface area contributed by atoms with Gasteiger partial charge in [0.15, 0.2) is 11.6 Å². The van der Waals surface area contributed by atoms with Gasteiger partial charge in [-0.15, -0.1) is 0 Å². The minimum absolute atomic E-state index is 0.122. The van der Waals surface area contributed by atoms with Gasteiger partial charge in [-0.05, 0) is 100 Å². The van der Waals surface area contributed by atoms with Gasteiger partial charge in [-0.2, -0.15) is 0 Å². The summed E-state index contributed by atoms with van der Waals surface area (Å²) in [6.45, 7) is 11.8. The summed E-state index contributed by atoms with van der Waals surface area (Å²) in [5.41, 5.74) is 4.20. The number of anilines is 1. The van der Waals surface area contributed by atoms with E-state index < -0.39 is 16.8 Å². The van der Waals surface area contributed by atoms with Crippen molar-refractivity contribution >= 4 is 17.9 Å². The van der Waals surface area contributed by atoms with Crippen molar-refractivity contribution in [1.82, 2.24) is 9.88 Å². The van der Waals surface area contributed by atoms with Crippen LogP contribution in [-0.4, -0.2) is 74.1 Å². The largest absolute Gasteiger partial charge is 0.485 e. The number of carbonyl (C=O) groups is 2. The Morgan fingerprint density at radius 1 is 1.02 bits per heavy atom. The molecule has 0 N–H and O–H groups in total. The van der Waals surface area contributed by atoms with Gasteiger partial charge in [0, 0.05) is 32.3 Å². The first kappa shape index (κ1) is 34.2. The van der Waals surface area contributed by atoms with E-state index in [1.807, 2.05) is 52.0 Å². The van der Waals surface area contributed by atoms with E-state index in [-0.39, 0.29) is 30.5 Å². The van der Waals surface area contributed by atoms with E-state index in [1.165, 1.54) is 24.3 Å². The molecule has 9 nitrogen and oxygen atoms in total. The van der Waals surface area contributed by atoms with Crippen molar-refractivity contribution < 1.29 is 32.9 Å². The molecule has 3 heterocycles. The van der Waals surface area contributed by atoms with Crippen molar-refractivity contribution in [1.29, 1.82) is 0 Å². The minimum atomic E-state index is -0.755. The molecule has 0 aliphatic carbocycles. The number of nitrogens with zero attached hydrogens (tertiary/aromatic N) is 3. The molecule has 1 fully saturated rings. The zero-order chi connectivity index (χ0) is 33.9. The molecule has 0 bridgehead atoms. The third-order valence-electron chi connectivity index (χ3n) is 9.35. The lowest BCUT2D eigenvalue weighted by Gasteiger charge is -2.33. The summed E-state index contributed by atoms with van der Waals surface area (Å²) in [6.07, 6.45) is 1.73. The predicted molar refractivity (Wildman–Crippen MR) is 178 cm³/mol. The molecule has 2 atom stereocenters. The lowest BCUT2D eigenvalue weighted by molar-refractivity contribution is -0.152. The van der Waals surface area contributed by atoms with E-state index in [4.69, 9.17) is 23.9 Å². The molecule has 0 saturated carbocycles. The number of rotatable bonds is 8. The van der Waals surface area contributed by atoms with Gasteiger partial charge in [0.2, 0.25) is 0 Å². The molecule has 2 aliphatic rings. The number of amides is 1. The van der Waals surface area contributed by atoms with E-state index in [9.17, 15) is 9.59 Å². The molecule has 2 aliphatic heterocycles. The summed E-state index contributed by atoms with van der Waals surface area (Å²) < 4.78 is 37.9. The van der Waals surface area contributed by atoms with Crippen LogP contribution in [0.4, 0.5) is 15.0 Å². The number of ether oxygens (including phenoxy) is 4. The topological polar surface area (TPSA) is 90.4 Å². The Hall–Kier alpha value is -4.18. The summed E-state index contributed by atoms with van der Waals surface area (Å²) in [5, 5.41) is 0. The molecule has 5 rings (SSSR count). The highest BCUT2D eigenvalue weighted by molar-refractivity contribution is 5.79. The van der Waals surface area contributed by atoms with E-state index in [0.29, 0.717) is 56.2 Å². The SMILES string of the molecule is COC[C@H]1N(c2cccc(-c3cccc(F)c3OCc3ccc4c(c3C)CCN(C(=O)OC(C)(C)C)CC4)n2)CC[C@@]1(C)C(=O)OC. The van der Waals surface area contributed by atoms with Crippen LogP contribution in [0.2, 0.25) is 0 Å². The first-order valence-electron chi connectivity index (χ1n) is 16.2. The van der Waals surface area contributed by atoms with Crippen molar-refractivity contribution in [3.8, 4) is 17.0 Å². The van der Waals surface area contributed by atoms with Gasteiger partial charge >= 0.3 is 12.1 Å². The number of benzene rings is 2. The monoisotopic (exact) mass is 647 g/mol. The van der Waals surface area contributed by atoms with Crippen LogP contribution in [0, 0.1) is 18.2 Å². The average Bonchev–Trinajstić information content (AvgIpc) is 3.21. The highest BCUT2D eigenvalue weighted by Crippen LogP contribution is 2.41. The Labute approximate surface area is 277 Å². The lowest BCUT2D eigenvalue weighted by atomic mass is 9.82. The Balaban J connectivity index is 1.36. The number of halogens is 1. The molecule has 1 saturated heterocycles. The van der Waals surface area contributed by atoms with Crippen LogP contribution in [0.25, 0.3) is 11.3 Å². The van der Waals surface area contributed by atoms with Crippen LogP contribution < -0.4 is 9.64 Å². The molecule has 2 aromatic carbocycles. The Kier molecular flexibility index (Phi) is 10.1. The third kappa shape index (κ3) is 7.22. The maximum Gasteiger partial charge on any atom is 0.410 e.